The predicted octanol–water partition coefficient (Wildman–Crippen LogP) is 4.04. The average Bonchev–Trinajstić information content (AvgIpc) is 3.28. The Bertz CT molecular complexity index is 1070. The summed E-state index contributed by atoms with van der Waals surface area (Å²) < 4.78 is 0. The van der Waals surface area contributed by atoms with E-state index in [4.69, 9.17) is 4.84 Å². The van der Waals surface area contributed by atoms with E-state index in [1.807, 2.05) is 91.9 Å². The number of carbonyl (C=O) groups is 2. The van der Waals surface area contributed by atoms with Crippen molar-refractivity contribution in [2.75, 3.05) is 5.06 Å². The molecule has 0 aliphatic carbocycles. The number of rotatable bonds is 4. The van der Waals surface area contributed by atoms with Gasteiger partial charge in [-0.05, 0) is 30.2 Å². The number of para-hydroxylation sites is 1. The average molecular weight is 398 g/mol. The number of likely N-dealkylation sites (tertiary alicyclic amines) is 1. The van der Waals surface area contributed by atoms with E-state index in [1.54, 1.807) is 5.06 Å². The quantitative estimate of drug-likeness (QED) is 0.623. The van der Waals surface area contributed by atoms with Crippen molar-refractivity contribution >= 4 is 17.5 Å². The fourth-order valence-corrected chi connectivity index (χ4v) is 4.29. The smallest absolute Gasteiger partial charge is 0.262 e. The zero-order chi connectivity index (χ0) is 20.7. The molecule has 2 fully saturated rings. The van der Waals surface area contributed by atoms with Gasteiger partial charge in [0.15, 0.2) is 6.10 Å². The number of carbonyl (C=O) groups excluding carboxylic acids is 2. The molecule has 2 saturated heterocycles. The second kappa shape index (κ2) is 7.43. The van der Waals surface area contributed by atoms with Crippen molar-refractivity contribution in [2.45, 2.75) is 25.6 Å². The van der Waals surface area contributed by atoms with E-state index in [1.165, 1.54) is 4.90 Å². The molecule has 5 nitrogen and oxygen atoms in total. The van der Waals surface area contributed by atoms with Gasteiger partial charge in [-0.3, -0.25) is 19.3 Å². The topological polar surface area (TPSA) is 49.9 Å². The van der Waals surface area contributed by atoms with Crippen LogP contribution in [0.3, 0.4) is 0 Å². The summed E-state index contributed by atoms with van der Waals surface area (Å²) in [6, 6.07) is 26.9. The molecule has 0 spiro atoms. The Kier molecular flexibility index (Phi) is 4.60. The van der Waals surface area contributed by atoms with E-state index in [9.17, 15) is 9.59 Å². The van der Waals surface area contributed by atoms with Crippen LogP contribution in [0, 0.1) is 12.8 Å². The summed E-state index contributed by atoms with van der Waals surface area (Å²) in [7, 11) is 0. The summed E-state index contributed by atoms with van der Waals surface area (Å²) in [4.78, 5) is 34.1. The maximum absolute atomic E-state index is 13.4. The standard InChI is InChI=1S/C25H22N2O3/c1-17-12-14-19(15-13-17)22-21-23(30-27(22)20-10-6-3-7-11-20)25(29)26(24(21)28)16-18-8-4-2-5-9-18/h2-15,21-23H,16H2,1H3/t21-,22+,23-/m0/s1. The van der Waals surface area contributed by atoms with Crippen LogP contribution in [0.15, 0.2) is 84.9 Å². The van der Waals surface area contributed by atoms with Crippen molar-refractivity contribution in [3.05, 3.63) is 102 Å². The van der Waals surface area contributed by atoms with Gasteiger partial charge in [-0.25, -0.2) is 5.06 Å². The molecule has 0 N–H and O–H groups in total. The number of anilines is 1. The molecular formula is C25H22N2O3. The molecule has 5 rings (SSSR count). The highest BCUT2D eigenvalue weighted by Gasteiger charge is 2.59. The van der Waals surface area contributed by atoms with Gasteiger partial charge in [0.1, 0.15) is 5.92 Å². The Morgan fingerprint density at radius 1 is 0.800 bits per heavy atom. The lowest BCUT2D eigenvalue weighted by atomic mass is 9.90. The van der Waals surface area contributed by atoms with E-state index in [0.29, 0.717) is 0 Å². The second-order valence-electron chi connectivity index (χ2n) is 7.82. The molecule has 0 unspecified atom stereocenters. The van der Waals surface area contributed by atoms with Crippen LogP contribution in [0.1, 0.15) is 22.7 Å². The number of hydroxylamine groups is 1. The molecule has 150 valence electrons. The van der Waals surface area contributed by atoms with Crippen LogP contribution in [0.2, 0.25) is 0 Å². The summed E-state index contributed by atoms with van der Waals surface area (Å²) in [6.45, 7) is 2.29. The number of benzene rings is 3. The highest BCUT2D eigenvalue weighted by molar-refractivity contribution is 6.07. The minimum Gasteiger partial charge on any atom is -0.275 e. The first-order valence-electron chi connectivity index (χ1n) is 10.1. The molecule has 2 aliphatic heterocycles. The van der Waals surface area contributed by atoms with Crippen LogP contribution >= 0.6 is 0 Å². The van der Waals surface area contributed by atoms with Gasteiger partial charge in [0.05, 0.1) is 18.3 Å². The number of fused-ring (bicyclic) bond motifs is 1. The molecule has 0 saturated carbocycles. The van der Waals surface area contributed by atoms with Gasteiger partial charge < -0.3 is 0 Å². The molecule has 0 bridgehead atoms. The molecule has 5 heteroatoms. The number of aryl methyl sites for hydroxylation is 1. The minimum absolute atomic E-state index is 0.183. The number of imide groups is 1. The predicted molar refractivity (Wildman–Crippen MR) is 113 cm³/mol. The van der Waals surface area contributed by atoms with E-state index in [2.05, 4.69) is 0 Å². The number of amides is 2. The van der Waals surface area contributed by atoms with Gasteiger partial charge in [0.25, 0.3) is 5.91 Å². The van der Waals surface area contributed by atoms with E-state index in [0.717, 1.165) is 22.4 Å². The Morgan fingerprint density at radius 2 is 1.43 bits per heavy atom. The lowest BCUT2D eigenvalue weighted by molar-refractivity contribution is -0.143. The maximum atomic E-state index is 13.4. The zero-order valence-electron chi connectivity index (χ0n) is 16.6. The van der Waals surface area contributed by atoms with Crippen LogP contribution in [-0.2, 0) is 21.0 Å². The third-order valence-corrected chi connectivity index (χ3v) is 5.82. The SMILES string of the molecule is Cc1ccc([C@@H]2[C@@H]3C(=O)N(Cc4ccccc4)C(=O)[C@H]3ON2c2ccccc2)cc1. The summed E-state index contributed by atoms with van der Waals surface area (Å²) >= 11 is 0. The molecule has 0 radical (unpaired) electrons. The second-order valence-corrected chi connectivity index (χ2v) is 7.82. The molecule has 3 atom stereocenters. The van der Waals surface area contributed by atoms with Gasteiger partial charge in [0, 0.05) is 0 Å². The summed E-state index contributed by atoms with van der Waals surface area (Å²) in [5.74, 6) is -1.04. The van der Waals surface area contributed by atoms with Gasteiger partial charge >= 0.3 is 0 Å². The molecule has 2 aliphatic rings. The number of hydrogen-bond donors (Lipinski definition) is 0. The first kappa shape index (κ1) is 18.6. The molecule has 2 heterocycles. The van der Waals surface area contributed by atoms with Gasteiger partial charge in [0.2, 0.25) is 5.91 Å². The number of nitrogens with zero attached hydrogens (tertiary/aromatic N) is 2. The van der Waals surface area contributed by atoms with Gasteiger partial charge in [-0.1, -0.05) is 78.4 Å². The first-order valence-corrected chi connectivity index (χ1v) is 10.1. The molecule has 3 aromatic carbocycles. The Morgan fingerprint density at radius 3 is 2.10 bits per heavy atom. The lowest BCUT2D eigenvalue weighted by Crippen LogP contribution is -2.36. The third kappa shape index (κ3) is 3.08. The van der Waals surface area contributed by atoms with Crippen LogP contribution < -0.4 is 5.06 Å². The first-order chi connectivity index (χ1) is 14.6. The van der Waals surface area contributed by atoms with Crippen molar-refractivity contribution in [1.82, 2.24) is 4.90 Å². The Hall–Kier alpha value is -3.44. The van der Waals surface area contributed by atoms with Crippen molar-refractivity contribution in [2.24, 2.45) is 5.92 Å². The highest BCUT2D eigenvalue weighted by Crippen LogP contribution is 2.46. The Labute approximate surface area is 175 Å². The monoisotopic (exact) mass is 398 g/mol. The van der Waals surface area contributed by atoms with Crippen molar-refractivity contribution in [1.29, 1.82) is 0 Å². The molecular weight excluding hydrogens is 376 g/mol. The van der Waals surface area contributed by atoms with Crippen LogP contribution in [0.25, 0.3) is 0 Å². The van der Waals surface area contributed by atoms with Crippen LogP contribution in [0.4, 0.5) is 5.69 Å². The van der Waals surface area contributed by atoms with Gasteiger partial charge in [-0.15, -0.1) is 0 Å². The fraction of sp³-hybridized carbons (Fsp3) is 0.200. The number of hydrogen-bond acceptors (Lipinski definition) is 4. The highest BCUT2D eigenvalue weighted by atomic mass is 16.7. The summed E-state index contributed by atoms with van der Waals surface area (Å²) in [5, 5.41) is 1.73. The maximum Gasteiger partial charge on any atom is 0.262 e. The van der Waals surface area contributed by atoms with E-state index < -0.39 is 12.0 Å². The normalized spacial score (nSPS) is 23.2. The van der Waals surface area contributed by atoms with E-state index >= 15 is 0 Å². The summed E-state index contributed by atoms with van der Waals surface area (Å²) in [5.41, 5.74) is 3.85. The van der Waals surface area contributed by atoms with Crippen molar-refractivity contribution in [3.8, 4) is 0 Å². The molecule has 30 heavy (non-hydrogen) atoms. The Balaban J connectivity index is 1.52. The molecule has 2 amide bonds. The van der Waals surface area contributed by atoms with Crippen molar-refractivity contribution in [3.63, 3.8) is 0 Å². The molecule has 0 aromatic heterocycles. The van der Waals surface area contributed by atoms with Crippen LogP contribution in [0.5, 0.6) is 0 Å². The molecule has 3 aromatic rings. The third-order valence-electron chi connectivity index (χ3n) is 5.82. The van der Waals surface area contributed by atoms with Gasteiger partial charge in [-0.2, -0.15) is 0 Å². The van der Waals surface area contributed by atoms with Crippen molar-refractivity contribution < 1.29 is 14.4 Å². The lowest BCUT2D eigenvalue weighted by Gasteiger charge is -2.28. The zero-order valence-corrected chi connectivity index (χ0v) is 16.6. The van der Waals surface area contributed by atoms with Crippen LogP contribution in [-0.4, -0.2) is 22.8 Å². The van der Waals surface area contributed by atoms with E-state index in [-0.39, 0.29) is 24.4 Å². The fourth-order valence-electron chi connectivity index (χ4n) is 4.29. The largest absolute Gasteiger partial charge is 0.275 e. The minimum atomic E-state index is -0.812. The summed E-state index contributed by atoms with van der Waals surface area (Å²) in [6.07, 6.45) is -0.812.